The summed E-state index contributed by atoms with van der Waals surface area (Å²) in [6.45, 7) is 0. The number of hydrogen-bond acceptors (Lipinski definition) is 3. The highest BCUT2D eigenvalue weighted by molar-refractivity contribution is 6.55. The Morgan fingerprint density at radius 3 is 2.62 bits per heavy atom. The van der Waals surface area contributed by atoms with E-state index in [-0.39, 0.29) is 5.56 Å². The first kappa shape index (κ1) is 11.2. The Balaban J connectivity index is 2.71. The number of Topliss-reactive ketones (excluding diaryl/α,β-unsaturated/α-hetero) is 1. The van der Waals surface area contributed by atoms with Crippen LogP contribution in [0.15, 0.2) is 39.7 Å². The number of alkyl halides is 2. The maximum absolute atomic E-state index is 11.9. The summed E-state index contributed by atoms with van der Waals surface area (Å²) in [6.07, 6.45) is 1.09. The molecule has 0 unspecified atom stereocenters. The summed E-state index contributed by atoms with van der Waals surface area (Å²) in [5.41, 5.74) is -0.128. The molecule has 1 heterocycles. The number of fused-ring (bicyclic) bond motifs is 1. The van der Waals surface area contributed by atoms with Crippen molar-refractivity contribution in [2.24, 2.45) is 0 Å². The van der Waals surface area contributed by atoms with Gasteiger partial charge in [0.25, 0.3) is 0 Å². The topological polar surface area (TPSA) is 47.3 Å². The molecule has 0 bridgehead atoms. The first-order valence-corrected chi connectivity index (χ1v) is 5.31. The molecule has 1 aromatic heterocycles. The Hall–Kier alpha value is -1.32. The monoisotopic (exact) mass is 256 g/mol. The Labute approximate surface area is 101 Å². The Kier molecular flexibility index (Phi) is 2.99. The average molecular weight is 257 g/mol. The molecule has 82 valence electrons. The third kappa shape index (κ3) is 1.84. The number of para-hydroxylation sites is 1. The summed E-state index contributed by atoms with van der Waals surface area (Å²) >= 11 is 10.8. The van der Waals surface area contributed by atoms with Crippen LogP contribution < -0.4 is 5.43 Å². The van der Waals surface area contributed by atoms with Gasteiger partial charge in [-0.1, -0.05) is 35.3 Å². The predicted octanol–water partition coefficient (Wildman–Crippen LogP) is 2.78. The lowest BCUT2D eigenvalue weighted by atomic mass is 10.1. The van der Waals surface area contributed by atoms with E-state index in [0.717, 1.165) is 6.26 Å². The van der Waals surface area contributed by atoms with Crippen LogP contribution in [0.3, 0.4) is 0 Å². The summed E-state index contributed by atoms with van der Waals surface area (Å²) in [5.74, 6) is -0.650. The molecule has 2 rings (SSSR count). The lowest BCUT2D eigenvalue weighted by Gasteiger charge is -2.01. The van der Waals surface area contributed by atoms with Crippen LogP contribution in [0, 0.1) is 0 Å². The van der Waals surface area contributed by atoms with Crippen LogP contribution in [-0.4, -0.2) is 10.6 Å². The molecule has 0 saturated carbocycles. The van der Waals surface area contributed by atoms with Crippen molar-refractivity contribution in [1.82, 2.24) is 0 Å². The molecule has 1 aromatic carbocycles. The number of carbonyl (C=O) groups excluding carboxylic acids is 1. The summed E-state index contributed by atoms with van der Waals surface area (Å²) in [7, 11) is 0. The van der Waals surface area contributed by atoms with E-state index in [1.54, 1.807) is 24.3 Å². The van der Waals surface area contributed by atoms with E-state index in [0.29, 0.717) is 11.0 Å². The molecule has 16 heavy (non-hydrogen) atoms. The largest absolute Gasteiger partial charge is 0.463 e. The number of carbonyl (C=O) groups is 1. The van der Waals surface area contributed by atoms with Gasteiger partial charge in [0.15, 0.2) is 4.84 Å². The average Bonchev–Trinajstić information content (AvgIpc) is 2.29. The van der Waals surface area contributed by atoms with Gasteiger partial charge in [0.05, 0.1) is 5.39 Å². The molecule has 0 atom stereocenters. The first-order chi connectivity index (χ1) is 7.61. The van der Waals surface area contributed by atoms with Gasteiger partial charge in [-0.05, 0) is 12.1 Å². The highest BCUT2D eigenvalue weighted by atomic mass is 35.5. The van der Waals surface area contributed by atoms with Gasteiger partial charge in [0.1, 0.15) is 17.4 Å². The van der Waals surface area contributed by atoms with Crippen molar-refractivity contribution < 1.29 is 9.21 Å². The lowest BCUT2D eigenvalue weighted by molar-refractivity contribution is 0.100. The van der Waals surface area contributed by atoms with E-state index < -0.39 is 16.0 Å². The van der Waals surface area contributed by atoms with Crippen molar-refractivity contribution in [2.75, 3.05) is 0 Å². The molecule has 0 N–H and O–H groups in total. The summed E-state index contributed by atoms with van der Waals surface area (Å²) < 4.78 is 5.16. The van der Waals surface area contributed by atoms with E-state index >= 15 is 0 Å². The highest BCUT2D eigenvalue weighted by Crippen LogP contribution is 2.14. The third-order valence-corrected chi connectivity index (χ3v) is 2.54. The van der Waals surface area contributed by atoms with Gasteiger partial charge < -0.3 is 4.42 Å². The van der Waals surface area contributed by atoms with E-state index in [2.05, 4.69) is 0 Å². The van der Waals surface area contributed by atoms with Crippen LogP contribution in [0.1, 0.15) is 10.4 Å². The summed E-state index contributed by atoms with van der Waals surface area (Å²) in [6, 6.07) is 6.64. The van der Waals surface area contributed by atoms with E-state index in [1.807, 2.05) is 0 Å². The van der Waals surface area contributed by atoms with Gasteiger partial charge in [-0.15, -0.1) is 0 Å². The van der Waals surface area contributed by atoms with Crippen LogP contribution in [0.4, 0.5) is 0 Å². The van der Waals surface area contributed by atoms with E-state index in [1.165, 1.54) is 0 Å². The van der Waals surface area contributed by atoms with E-state index in [9.17, 15) is 9.59 Å². The molecule has 0 amide bonds. The fourth-order valence-electron chi connectivity index (χ4n) is 1.37. The fourth-order valence-corrected chi connectivity index (χ4v) is 1.60. The lowest BCUT2D eigenvalue weighted by Crippen LogP contribution is -2.19. The molecular formula is C11H6Cl2O3. The van der Waals surface area contributed by atoms with Crippen molar-refractivity contribution in [2.45, 2.75) is 4.84 Å². The van der Waals surface area contributed by atoms with E-state index in [4.69, 9.17) is 27.6 Å². The number of rotatable bonds is 2. The van der Waals surface area contributed by atoms with Gasteiger partial charge in [-0.25, -0.2) is 0 Å². The Bertz CT molecular complexity index is 601. The normalized spacial score (nSPS) is 10.9. The third-order valence-electron chi connectivity index (χ3n) is 2.14. The molecule has 0 aliphatic carbocycles. The quantitative estimate of drug-likeness (QED) is 0.613. The smallest absolute Gasteiger partial charge is 0.203 e. The first-order valence-electron chi connectivity index (χ1n) is 4.44. The van der Waals surface area contributed by atoms with Gasteiger partial charge in [0, 0.05) is 0 Å². The van der Waals surface area contributed by atoms with Gasteiger partial charge in [0.2, 0.25) is 11.2 Å². The molecule has 0 radical (unpaired) electrons. The molecule has 0 saturated heterocycles. The van der Waals surface area contributed by atoms with Gasteiger partial charge >= 0.3 is 0 Å². The van der Waals surface area contributed by atoms with Crippen LogP contribution >= 0.6 is 23.2 Å². The Morgan fingerprint density at radius 2 is 1.94 bits per heavy atom. The maximum Gasteiger partial charge on any atom is 0.203 e. The molecule has 2 aromatic rings. The molecule has 0 aliphatic heterocycles. The molecule has 3 nitrogen and oxygen atoms in total. The molecule has 0 spiro atoms. The van der Waals surface area contributed by atoms with Gasteiger partial charge in [-0.2, -0.15) is 0 Å². The number of halogens is 2. The minimum Gasteiger partial charge on any atom is -0.463 e. The second-order valence-electron chi connectivity index (χ2n) is 3.14. The molecule has 0 fully saturated rings. The molecule has 5 heteroatoms. The van der Waals surface area contributed by atoms with Crippen LogP contribution in [0.25, 0.3) is 11.0 Å². The van der Waals surface area contributed by atoms with Crippen molar-refractivity contribution >= 4 is 40.0 Å². The van der Waals surface area contributed by atoms with Crippen molar-refractivity contribution in [3.8, 4) is 0 Å². The molecular weight excluding hydrogens is 251 g/mol. The standard InChI is InChI=1S/C11H6Cl2O3/c12-11(13)10(15)7-5-16-8-4-2-1-3-6(8)9(7)14/h1-5,11H. The summed E-state index contributed by atoms with van der Waals surface area (Å²) in [5, 5.41) is 0.335. The van der Waals surface area contributed by atoms with Gasteiger partial charge in [-0.3, -0.25) is 9.59 Å². The second-order valence-corrected chi connectivity index (χ2v) is 4.24. The fraction of sp³-hybridized carbons (Fsp3) is 0.0909. The predicted molar refractivity (Wildman–Crippen MR) is 62.3 cm³/mol. The maximum atomic E-state index is 11.9. The van der Waals surface area contributed by atoms with Crippen molar-refractivity contribution in [3.05, 3.63) is 46.3 Å². The minimum atomic E-state index is -1.26. The SMILES string of the molecule is O=C(c1coc2ccccc2c1=O)C(Cl)Cl. The Morgan fingerprint density at radius 1 is 1.25 bits per heavy atom. The zero-order valence-corrected chi connectivity index (χ0v) is 9.46. The zero-order chi connectivity index (χ0) is 11.7. The van der Waals surface area contributed by atoms with Crippen molar-refractivity contribution in [3.63, 3.8) is 0 Å². The number of benzene rings is 1. The second kappa shape index (κ2) is 4.28. The van der Waals surface area contributed by atoms with Crippen LogP contribution in [0.2, 0.25) is 0 Å². The van der Waals surface area contributed by atoms with Crippen molar-refractivity contribution in [1.29, 1.82) is 0 Å². The number of ketones is 1. The van der Waals surface area contributed by atoms with Crippen LogP contribution in [0.5, 0.6) is 0 Å². The highest BCUT2D eigenvalue weighted by Gasteiger charge is 2.19. The molecule has 0 aliphatic rings. The van der Waals surface area contributed by atoms with Crippen LogP contribution in [-0.2, 0) is 0 Å². The number of hydrogen-bond donors (Lipinski definition) is 0. The minimum absolute atomic E-state index is 0.131. The summed E-state index contributed by atoms with van der Waals surface area (Å²) in [4.78, 5) is 22.1. The zero-order valence-electron chi connectivity index (χ0n) is 7.94.